The predicted octanol–water partition coefficient (Wildman–Crippen LogP) is 3.04. The maximum atomic E-state index is 12.2. The van der Waals surface area contributed by atoms with Crippen LogP contribution in [0.1, 0.15) is 46.4 Å². The number of para-hydroxylation sites is 2. The van der Waals surface area contributed by atoms with Crippen molar-refractivity contribution in [1.82, 2.24) is 14.9 Å². The van der Waals surface area contributed by atoms with Crippen LogP contribution in [-0.2, 0) is 27.4 Å². The largest absolute Gasteiger partial charge is 0.462 e. The van der Waals surface area contributed by atoms with Crippen molar-refractivity contribution in [3.8, 4) is 0 Å². The third-order valence-electron chi connectivity index (χ3n) is 4.17. The van der Waals surface area contributed by atoms with Crippen LogP contribution in [0, 0.1) is 5.92 Å². The van der Waals surface area contributed by atoms with Crippen LogP contribution in [0.5, 0.6) is 0 Å². The summed E-state index contributed by atoms with van der Waals surface area (Å²) in [5.41, 5.74) is 1.65. The number of fused-ring (bicyclic) bond motifs is 1. The van der Waals surface area contributed by atoms with E-state index in [-0.39, 0.29) is 30.4 Å². The minimum Gasteiger partial charge on any atom is -0.462 e. The second-order valence-corrected chi connectivity index (χ2v) is 6.37. The van der Waals surface area contributed by atoms with Crippen LogP contribution in [0.3, 0.4) is 0 Å². The molecule has 1 aromatic heterocycles. The number of ether oxygens (including phenoxy) is 1. The number of benzene rings is 1. The molecule has 0 fully saturated rings. The SMILES string of the molecule is CCC(CC)C(=O)NCc1nc2ccccc2n1CC(=O)OC(C)C. The van der Waals surface area contributed by atoms with E-state index in [0.717, 1.165) is 23.9 Å². The lowest BCUT2D eigenvalue weighted by atomic mass is 10.0. The van der Waals surface area contributed by atoms with Gasteiger partial charge in [0.25, 0.3) is 0 Å². The molecule has 6 nitrogen and oxygen atoms in total. The van der Waals surface area contributed by atoms with Crippen LogP contribution < -0.4 is 5.32 Å². The summed E-state index contributed by atoms with van der Waals surface area (Å²) in [5, 5.41) is 2.94. The molecule has 2 aromatic rings. The highest BCUT2D eigenvalue weighted by atomic mass is 16.5. The Kier molecular flexibility index (Phi) is 6.56. The molecule has 2 rings (SSSR count). The fourth-order valence-electron chi connectivity index (χ4n) is 2.84. The lowest BCUT2D eigenvalue weighted by molar-refractivity contribution is -0.148. The summed E-state index contributed by atoms with van der Waals surface area (Å²) in [6, 6.07) is 7.61. The van der Waals surface area contributed by atoms with Gasteiger partial charge in [-0.1, -0.05) is 26.0 Å². The van der Waals surface area contributed by atoms with Crippen molar-refractivity contribution < 1.29 is 14.3 Å². The summed E-state index contributed by atoms with van der Waals surface area (Å²) in [5.74, 6) is 0.365. The number of carbonyl (C=O) groups is 2. The number of esters is 1. The standard InChI is InChI=1S/C19H27N3O3/c1-5-14(6-2)19(24)20-11-17-21-15-9-7-8-10-16(15)22(17)12-18(23)25-13(3)4/h7-10,13-14H,5-6,11-12H2,1-4H3,(H,20,24). The molecule has 0 aliphatic rings. The van der Waals surface area contributed by atoms with Gasteiger partial charge in [-0.15, -0.1) is 0 Å². The Morgan fingerprint density at radius 1 is 1.20 bits per heavy atom. The number of aromatic nitrogens is 2. The van der Waals surface area contributed by atoms with Crippen molar-refractivity contribution in [3.63, 3.8) is 0 Å². The fraction of sp³-hybridized carbons (Fsp3) is 0.526. The molecule has 0 atom stereocenters. The zero-order valence-corrected chi connectivity index (χ0v) is 15.4. The fourth-order valence-corrected chi connectivity index (χ4v) is 2.84. The van der Waals surface area contributed by atoms with Crippen molar-refractivity contribution in [2.75, 3.05) is 0 Å². The third kappa shape index (κ3) is 4.81. The van der Waals surface area contributed by atoms with Gasteiger partial charge in [0.2, 0.25) is 5.91 Å². The Morgan fingerprint density at radius 2 is 1.88 bits per heavy atom. The monoisotopic (exact) mass is 345 g/mol. The molecular weight excluding hydrogens is 318 g/mol. The van der Waals surface area contributed by atoms with E-state index < -0.39 is 0 Å². The predicted molar refractivity (Wildman–Crippen MR) is 96.9 cm³/mol. The lowest BCUT2D eigenvalue weighted by Crippen LogP contribution is -2.31. The molecule has 0 aliphatic heterocycles. The molecule has 0 bridgehead atoms. The van der Waals surface area contributed by atoms with Gasteiger partial charge in [-0.3, -0.25) is 9.59 Å². The average molecular weight is 345 g/mol. The van der Waals surface area contributed by atoms with Crippen LogP contribution in [0.2, 0.25) is 0 Å². The second kappa shape index (κ2) is 8.65. The molecule has 0 radical (unpaired) electrons. The number of hydrogen-bond acceptors (Lipinski definition) is 4. The van der Waals surface area contributed by atoms with Gasteiger partial charge in [0, 0.05) is 5.92 Å². The summed E-state index contributed by atoms with van der Waals surface area (Å²) < 4.78 is 7.06. The van der Waals surface area contributed by atoms with E-state index in [1.807, 2.05) is 56.5 Å². The molecule has 1 heterocycles. The normalized spacial score (nSPS) is 11.3. The molecule has 0 unspecified atom stereocenters. The number of nitrogens with zero attached hydrogens (tertiary/aromatic N) is 2. The van der Waals surface area contributed by atoms with E-state index in [9.17, 15) is 9.59 Å². The van der Waals surface area contributed by atoms with Crippen molar-refractivity contribution in [3.05, 3.63) is 30.1 Å². The molecule has 0 spiro atoms. The minimum atomic E-state index is -0.314. The van der Waals surface area contributed by atoms with Crippen molar-refractivity contribution in [2.24, 2.45) is 5.92 Å². The Bertz CT molecular complexity index is 733. The maximum absolute atomic E-state index is 12.2. The topological polar surface area (TPSA) is 73.2 Å². The molecule has 0 saturated carbocycles. The van der Waals surface area contributed by atoms with Gasteiger partial charge in [0.15, 0.2) is 0 Å². The molecule has 25 heavy (non-hydrogen) atoms. The van der Waals surface area contributed by atoms with Crippen molar-refractivity contribution in [1.29, 1.82) is 0 Å². The van der Waals surface area contributed by atoms with E-state index in [4.69, 9.17) is 4.74 Å². The molecule has 1 aromatic carbocycles. The first-order valence-corrected chi connectivity index (χ1v) is 8.87. The first-order valence-electron chi connectivity index (χ1n) is 8.87. The third-order valence-corrected chi connectivity index (χ3v) is 4.17. The van der Waals surface area contributed by atoms with Crippen LogP contribution >= 0.6 is 0 Å². The van der Waals surface area contributed by atoms with Crippen LogP contribution in [0.15, 0.2) is 24.3 Å². The van der Waals surface area contributed by atoms with E-state index >= 15 is 0 Å². The van der Waals surface area contributed by atoms with Gasteiger partial charge in [-0.25, -0.2) is 4.98 Å². The molecule has 6 heteroatoms. The van der Waals surface area contributed by atoms with E-state index in [1.54, 1.807) is 0 Å². The molecule has 0 saturated heterocycles. The van der Waals surface area contributed by atoms with E-state index in [2.05, 4.69) is 10.3 Å². The smallest absolute Gasteiger partial charge is 0.326 e. The minimum absolute atomic E-state index is 0.00346. The molecule has 1 amide bonds. The molecule has 1 N–H and O–H groups in total. The number of hydrogen-bond donors (Lipinski definition) is 1. The van der Waals surface area contributed by atoms with Crippen LogP contribution in [-0.4, -0.2) is 27.5 Å². The van der Waals surface area contributed by atoms with Gasteiger partial charge in [0.1, 0.15) is 12.4 Å². The number of nitrogens with one attached hydrogen (secondary N) is 1. The number of amides is 1. The summed E-state index contributed by atoms with van der Waals surface area (Å²) in [6.07, 6.45) is 1.44. The first-order chi connectivity index (χ1) is 12.0. The highest BCUT2D eigenvalue weighted by Crippen LogP contribution is 2.17. The second-order valence-electron chi connectivity index (χ2n) is 6.37. The Hall–Kier alpha value is -2.37. The zero-order chi connectivity index (χ0) is 18.4. The van der Waals surface area contributed by atoms with Crippen molar-refractivity contribution >= 4 is 22.9 Å². The highest BCUT2D eigenvalue weighted by Gasteiger charge is 2.18. The van der Waals surface area contributed by atoms with Gasteiger partial charge in [0.05, 0.1) is 23.7 Å². The maximum Gasteiger partial charge on any atom is 0.326 e. The summed E-state index contributed by atoms with van der Waals surface area (Å²) in [4.78, 5) is 28.9. The van der Waals surface area contributed by atoms with E-state index in [1.165, 1.54) is 0 Å². The van der Waals surface area contributed by atoms with Gasteiger partial charge in [-0.05, 0) is 38.8 Å². The molecule has 136 valence electrons. The summed E-state index contributed by atoms with van der Waals surface area (Å²) in [6.45, 7) is 8.02. The molecular formula is C19H27N3O3. The van der Waals surface area contributed by atoms with Gasteiger partial charge < -0.3 is 14.6 Å². The zero-order valence-electron chi connectivity index (χ0n) is 15.4. The van der Waals surface area contributed by atoms with Crippen LogP contribution in [0.25, 0.3) is 11.0 Å². The number of carbonyl (C=O) groups excluding carboxylic acids is 2. The quantitative estimate of drug-likeness (QED) is 0.746. The van der Waals surface area contributed by atoms with Gasteiger partial charge >= 0.3 is 5.97 Å². The van der Waals surface area contributed by atoms with E-state index in [0.29, 0.717) is 12.4 Å². The van der Waals surface area contributed by atoms with Crippen LogP contribution in [0.4, 0.5) is 0 Å². The first kappa shape index (κ1) is 19.0. The summed E-state index contributed by atoms with van der Waals surface area (Å²) >= 11 is 0. The van der Waals surface area contributed by atoms with Gasteiger partial charge in [-0.2, -0.15) is 0 Å². The van der Waals surface area contributed by atoms with Crippen molar-refractivity contribution in [2.45, 2.75) is 59.7 Å². The number of imidazole rings is 1. The Balaban J connectivity index is 2.22. The number of rotatable bonds is 8. The average Bonchev–Trinajstić information content (AvgIpc) is 2.91. The Labute approximate surface area is 148 Å². The highest BCUT2D eigenvalue weighted by molar-refractivity contribution is 5.80. The Morgan fingerprint density at radius 3 is 2.52 bits per heavy atom. The lowest BCUT2D eigenvalue weighted by Gasteiger charge is -2.14. The summed E-state index contributed by atoms with van der Waals surface area (Å²) in [7, 11) is 0. The molecule has 0 aliphatic carbocycles.